The SMILES string of the molecule is CC(C)(C)Cc1cccc(B2OC(C)(C)C(C)(C)O2)c1.O=C=O. The van der Waals surface area contributed by atoms with E-state index in [2.05, 4.69) is 72.7 Å². The molecule has 0 amide bonds. The van der Waals surface area contributed by atoms with E-state index in [1.807, 2.05) is 0 Å². The molecule has 1 heterocycles. The fraction of sp³-hybridized carbons (Fsp3) is 0.611. The van der Waals surface area contributed by atoms with E-state index in [1.54, 1.807) is 0 Å². The van der Waals surface area contributed by atoms with Gasteiger partial charge in [-0.3, -0.25) is 0 Å². The van der Waals surface area contributed by atoms with Crippen LogP contribution in [0, 0.1) is 5.41 Å². The number of benzene rings is 1. The molecule has 4 nitrogen and oxygen atoms in total. The van der Waals surface area contributed by atoms with Gasteiger partial charge in [0.15, 0.2) is 0 Å². The second-order valence-corrected chi connectivity index (χ2v) is 8.15. The fourth-order valence-electron chi connectivity index (χ4n) is 2.44. The third kappa shape index (κ3) is 5.31. The van der Waals surface area contributed by atoms with Crippen molar-refractivity contribution in [3.8, 4) is 0 Å². The predicted octanol–water partition coefficient (Wildman–Crippen LogP) is 2.99. The molecule has 1 aliphatic rings. The molecule has 0 spiro atoms. The second-order valence-electron chi connectivity index (χ2n) is 8.15. The number of hydrogen-bond acceptors (Lipinski definition) is 4. The van der Waals surface area contributed by atoms with E-state index >= 15 is 0 Å². The van der Waals surface area contributed by atoms with Crippen molar-refractivity contribution in [1.82, 2.24) is 0 Å². The molecule has 1 fully saturated rings. The Balaban J connectivity index is 0.000000816. The first-order valence-electron chi connectivity index (χ1n) is 7.86. The Morgan fingerprint density at radius 1 is 1.04 bits per heavy atom. The Kier molecular flexibility index (Phi) is 5.97. The predicted molar refractivity (Wildman–Crippen MR) is 90.3 cm³/mol. The third-order valence-corrected chi connectivity index (χ3v) is 4.21. The second kappa shape index (κ2) is 7.00. The summed E-state index contributed by atoms with van der Waals surface area (Å²) in [7, 11) is -0.264. The van der Waals surface area contributed by atoms with Gasteiger partial charge >= 0.3 is 13.3 Å². The van der Waals surface area contributed by atoms with Crippen LogP contribution in [-0.4, -0.2) is 24.5 Å². The molecule has 1 saturated heterocycles. The molecule has 0 aliphatic carbocycles. The van der Waals surface area contributed by atoms with Crippen molar-refractivity contribution in [2.75, 3.05) is 0 Å². The van der Waals surface area contributed by atoms with E-state index in [9.17, 15) is 0 Å². The first-order chi connectivity index (χ1) is 10.4. The normalized spacial score (nSPS) is 18.8. The van der Waals surface area contributed by atoms with Gasteiger partial charge in [-0.05, 0) is 50.6 Å². The molecule has 0 radical (unpaired) electrons. The summed E-state index contributed by atoms with van der Waals surface area (Å²) in [5.74, 6) is 0. The van der Waals surface area contributed by atoms with Crippen LogP contribution >= 0.6 is 0 Å². The lowest BCUT2D eigenvalue weighted by molar-refractivity contribution is -0.191. The summed E-state index contributed by atoms with van der Waals surface area (Å²) in [6.07, 6.45) is 1.31. The molecular weight excluding hydrogens is 291 g/mol. The van der Waals surface area contributed by atoms with Crippen molar-refractivity contribution in [3.63, 3.8) is 0 Å². The highest BCUT2D eigenvalue weighted by Crippen LogP contribution is 2.36. The summed E-state index contributed by atoms with van der Waals surface area (Å²) in [6, 6.07) is 8.59. The van der Waals surface area contributed by atoms with Gasteiger partial charge in [0.25, 0.3) is 0 Å². The lowest BCUT2D eigenvalue weighted by Gasteiger charge is -2.32. The van der Waals surface area contributed by atoms with Crippen molar-refractivity contribution in [2.45, 2.75) is 66.1 Å². The van der Waals surface area contributed by atoms with Gasteiger partial charge in [-0.25, -0.2) is 0 Å². The average molecular weight is 318 g/mol. The number of hydrogen-bond donors (Lipinski definition) is 0. The van der Waals surface area contributed by atoms with Gasteiger partial charge in [-0.2, -0.15) is 9.59 Å². The Labute approximate surface area is 139 Å². The van der Waals surface area contributed by atoms with Crippen LogP contribution in [0.25, 0.3) is 0 Å². The molecule has 0 N–H and O–H groups in total. The maximum atomic E-state index is 8.12. The smallest absolute Gasteiger partial charge is 0.399 e. The van der Waals surface area contributed by atoms with Crippen molar-refractivity contribution >= 4 is 18.7 Å². The van der Waals surface area contributed by atoms with E-state index in [4.69, 9.17) is 18.9 Å². The minimum Gasteiger partial charge on any atom is -0.399 e. The first-order valence-corrected chi connectivity index (χ1v) is 7.86. The van der Waals surface area contributed by atoms with Crippen molar-refractivity contribution in [3.05, 3.63) is 29.8 Å². The molecule has 1 aromatic carbocycles. The standard InChI is InChI=1S/C17H27BO2.CO2/c1-15(2,3)12-13-9-8-10-14(11-13)18-19-16(4,5)17(6,7)20-18;2-1-3/h8-11H,12H2,1-7H3;. The van der Waals surface area contributed by atoms with E-state index < -0.39 is 0 Å². The molecule has 126 valence electrons. The van der Waals surface area contributed by atoms with Gasteiger partial charge in [0.1, 0.15) is 0 Å². The largest absolute Gasteiger partial charge is 0.494 e. The quantitative estimate of drug-likeness (QED) is 0.787. The van der Waals surface area contributed by atoms with Gasteiger partial charge in [0, 0.05) is 0 Å². The van der Waals surface area contributed by atoms with Crippen LogP contribution < -0.4 is 5.46 Å². The molecule has 2 rings (SSSR count). The summed E-state index contributed by atoms with van der Waals surface area (Å²) >= 11 is 0. The van der Waals surface area contributed by atoms with Gasteiger partial charge < -0.3 is 9.31 Å². The molecule has 0 saturated carbocycles. The molecule has 0 bridgehead atoms. The molecule has 0 aromatic heterocycles. The monoisotopic (exact) mass is 318 g/mol. The zero-order valence-corrected chi connectivity index (χ0v) is 15.2. The summed E-state index contributed by atoms with van der Waals surface area (Å²) in [5, 5.41) is 0. The summed E-state index contributed by atoms with van der Waals surface area (Å²) in [6.45, 7) is 15.1. The van der Waals surface area contributed by atoms with Crippen LogP contribution in [-0.2, 0) is 25.3 Å². The van der Waals surface area contributed by atoms with Crippen LogP contribution in [0.2, 0.25) is 0 Å². The van der Waals surface area contributed by atoms with E-state index in [0.29, 0.717) is 0 Å². The van der Waals surface area contributed by atoms with Crippen LogP contribution in [0.4, 0.5) is 0 Å². The van der Waals surface area contributed by atoms with Gasteiger partial charge in [0.05, 0.1) is 11.2 Å². The Hall–Kier alpha value is -1.42. The highest BCUT2D eigenvalue weighted by atomic mass is 16.7. The Morgan fingerprint density at radius 2 is 1.52 bits per heavy atom. The van der Waals surface area contributed by atoms with Gasteiger partial charge in [-0.15, -0.1) is 0 Å². The maximum Gasteiger partial charge on any atom is 0.494 e. The Bertz CT molecular complexity index is 551. The van der Waals surface area contributed by atoms with Crippen LogP contribution in [0.5, 0.6) is 0 Å². The lowest BCUT2D eigenvalue weighted by Crippen LogP contribution is -2.41. The minimum absolute atomic E-state index is 0.250. The zero-order chi connectivity index (χ0) is 17.9. The van der Waals surface area contributed by atoms with Gasteiger partial charge in [-0.1, -0.05) is 45.0 Å². The summed E-state index contributed by atoms with van der Waals surface area (Å²) in [5.41, 5.74) is 2.18. The van der Waals surface area contributed by atoms with E-state index in [0.717, 1.165) is 11.9 Å². The maximum absolute atomic E-state index is 8.12. The minimum atomic E-state index is -0.280. The van der Waals surface area contributed by atoms with Crippen molar-refractivity contribution in [1.29, 1.82) is 0 Å². The highest BCUT2D eigenvalue weighted by Gasteiger charge is 2.51. The molecule has 23 heavy (non-hydrogen) atoms. The third-order valence-electron chi connectivity index (χ3n) is 4.21. The molecule has 0 atom stereocenters. The zero-order valence-electron chi connectivity index (χ0n) is 15.2. The summed E-state index contributed by atoms with van der Waals surface area (Å²) in [4.78, 5) is 16.2. The highest BCUT2D eigenvalue weighted by molar-refractivity contribution is 6.62. The van der Waals surface area contributed by atoms with Crippen LogP contribution in [0.3, 0.4) is 0 Å². The van der Waals surface area contributed by atoms with Crippen molar-refractivity contribution < 1.29 is 18.9 Å². The first kappa shape index (κ1) is 19.6. The van der Waals surface area contributed by atoms with E-state index in [-0.39, 0.29) is 29.9 Å². The molecule has 1 aliphatic heterocycles. The number of carbonyl (C=O) groups excluding carboxylic acids is 2. The molecule has 5 heteroatoms. The molecule has 1 aromatic rings. The number of rotatable bonds is 2. The van der Waals surface area contributed by atoms with Crippen LogP contribution in [0.15, 0.2) is 24.3 Å². The van der Waals surface area contributed by atoms with Crippen LogP contribution in [0.1, 0.15) is 54.0 Å². The fourth-order valence-corrected chi connectivity index (χ4v) is 2.44. The lowest BCUT2D eigenvalue weighted by atomic mass is 9.77. The van der Waals surface area contributed by atoms with E-state index in [1.165, 1.54) is 5.56 Å². The van der Waals surface area contributed by atoms with Gasteiger partial charge in [0.2, 0.25) is 0 Å². The Morgan fingerprint density at radius 3 is 1.96 bits per heavy atom. The van der Waals surface area contributed by atoms with Crippen molar-refractivity contribution in [2.24, 2.45) is 5.41 Å². The molecular formula is C18H27BO4. The average Bonchev–Trinajstić information content (AvgIpc) is 2.58. The topological polar surface area (TPSA) is 52.6 Å². The summed E-state index contributed by atoms with van der Waals surface area (Å²) < 4.78 is 12.2. The molecule has 0 unspecified atom stereocenters.